The molecule has 0 bridgehead atoms. The summed E-state index contributed by atoms with van der Waals surface area (Å²) in [5, 5.41) is 31.8. The Labute approximate surface area is 141 Å². The second-order valence-electron chi connectivity index (χ2n) is 7.85. The summed E-state index contributed by atoms with van der Waals surface area (Å²) in [6.07, 6.45) is 12.2. The van der Waals surface area contributed by atoms with E-state index in [-0.39, 0.29) is 0 Å². The van der Waals surface area contributed by atoms with Gasteiger partial charge in [-0.1, -0.05) is 35.5 Å². The van der Waals surface area contributed by atoms with Gasteiger partial charge in [-0.3, -0.25) is 0 Å². The van der Waals surface area contributed by atoms with Gasteiger partial charge in [-0.15, -0.1) is 0 Å². The van der Waals surface area contributed by atoms with Crippen LogP contribution in [-0.4, -0.2) is 32.1 Å². The number of allylic oxidation sites excluding steroid dienone is 4. The smallest absolute Gasteiger partial charge is 0.111 e. The molecular weight excluding hydrogens is 288 g/mol. The summed E-state index contributed by atoms with van der Waals surface area (Å²) in [5.74, 6) is 0. The molecule has 1 aliphatic carbocycles. The molecule has 0 aromatic heterocycles. The Morgan fingerprint density at radius 2 is 1.48 bits per heavy atom. The average molecular weight is 322 g/mol. The Kier molecular flexibility index (Phi) is 6.81. The molecule has 0 unspecified atom stereocenters. The molecule has 132 valence electrons. The Morgan fingerprint density at radius 1 is 0.913 bits per heavy atom. The predicted octanol–water partition coefficient (Wildman–Crippen LogP) is 4.04. The molecule has 0 aliphatic heterocycles. The molecule has 0 heterocycles. The van der Waals surface area contributed by atoms with Gasteiger partial charge in [0, 0.05) is 0 Å². The number of aliphatic hydroxyl groups is 3. The first-order valence-corrected chi connectivity index (χ1v) is 8.64. The lowest BCUT2D eigenvalue weighted by atomic mass is 9.79. The fraction of sp³-hybridized carbons (Fsp3) is 0.700. The third-order valence-electron chi connectivity index (χ3n) is 4.85. The summed E-state index contributed by atoms with van der Waals surface area (Å²) < 4.78 is 0. The second-order valence-corrected chi connectivity index (χ2v) is 7.85. The predicted molar refractivity (Wildman–Crippen MR) is 96.2 cm³/mol. The molecule has 2 atom stereocenters. The molecule has 0 saturated carbocycles. The third kappa shape index (κ3) is 6.62. The minimum Gasteiger partial charge on any atom is -0.387 e. The topological polar surface area (TPSA) is 60.7 Å². The summed E-state index contributed by atoms with van der Waals surface area (Å²) in [6, 6.07) is 0. The molecule has 1 aliphatic rings. The molecule has 3 heteroatoms. The molecule has 3 N–H and O–H groups in total. The molecule has 3 nitrogen and oxygen atoms in total. The summed E-state index contributed by atoms with van der Waals surface area (Å²) in [6.45, 7) is 9.16. The lowest BCUT2D eigenvalue weighted by molar-refractivity contribution is -0.104. The molecular formula is C20H34O3. The van der Waals surface area contributed by atoms with Crippen LogP contribution in [0.15, 0.2) is 35.5 Å². The highest BCUT2D eigenvalue weighted by atomic mass is 16.4. The van der Waals surface area contributed by atoms with Gasteiger partial charge in [-0.05, 0) is 73.1 Å². The maximum atomic E-state index is 10.9. The van der Waals surface area contributed by atoms with E-state index in [4.69, 9.17) is 0 Å². The van der Waals surface area contributed by atoms with Gasteiger partial charge in [0.1, 0.15) is 5.60 Å². The zero-order valence-corrected chi connectivity index (χ0v) is 15.4. The van der Waals surface area contributed by atoms with Crippen molar-refractivity contribution < 1.29 is 15.3 Å². The highest BCUT2D eigenvalue weighted by Gasteiger charge is 2.40. The maximum Gasteiger partial charge on any atom is 0.111 e. The molecule has 0 saturated heterocycles. The van der Waals surface area contributed by atoms with Crippen LogP contribution in [0.25, 0.3) is 0 Å². The summed E-state index contributed by atoms with van der Waals surface area (Å²) in [4.78, 5) is 0. The van der Waals surface area contributed by atoms with Crippen molar-refractivity contribution in [3.63, 3.8) is 0 Å². The standard InChI is InChI=1S/C20H34O3/c1-16-8-6-9-17(2)11-13-20(23,18(3,4)21)15-14-19(5,22)12-7-10-16/h9-10,14-15,21-23H,6-8,11-13H2,1-5H3/b15-14+,16-10+,17-9+/t19-,20+/m1/s1. The van der Waals surface area contributed by atoms with Gasteiger partial charge in [-0.25, -0.2) is 0 Å². The molecule has 1 rings (SSSR count). The lowest BCUT2D eigenvalue weighted by Gasteiger charge is -2.37. The van der Waals surface area contributed by atoms with Crippen molar-refractivity contribution in [3.05, 3.63) is 35.5 Å². The largest absolute Gasteiger partial charge is 0.387 e. The highest BCUT2D eigenvalue weighted by molar-refractivity contribution is 5.16. The Balaban J connectivity index is 3.10. The molecule has 0 aromatic carbocycles. The van der Waals surface area contributed by atoms with Crippen LogP contribution < -0.4 is 0 Å². The van der Waals surface area contributed by atoms with Gasteiger partial charge in [0.05, 0.1) is 11.2 Å². The first-order valence-electron chi connectivity index (χ1n) is 8.64. The van der Waals surface area contributed by atoms with Crippen LogP contribution >= 0.6 is 0 Å². The fourth-order valence-corrected chi connectivity index (χ4v) is 2.74. The average Bonchev–Trinajstić information content (AvgIpc) is 2.41. The van der Waals surface area contributed by atoms with E-state index in [1.807, 2.05) is 0 Å². The Morgan fingerprint density at radius 3 is 2.09 bits per heavy atom. The van der Waals surface area contributed by atoms with E-state index in [9.17, 15) is 15.3 Å². The molecule has 0 radical (unpaired) electrons. The zero-order valence-electron chi connectivity index (χ0n) is 15.4. The van der Waals surface area contributed by atoms with Crippen molar-refractivity contribution in [2.45, 2.75) is 89.9 Å². The molecule has 23 heavy (non-hydrogen) atoms. The van der Waals surface area contributed by atoms with Gasteiger partial charge in [-0.2, -0.15) is 0 Å². The van der Waals surface area contributed by atoms with Crippen molar-refractivity contribution >= 4 is 0 Å². The summed E-state index contributed by atoms with van der Waals surface area (Å²) in [7, 11) is 0. The van der Waals surface area contributed by atoms with Gasteiger partial charge >= 0.3 is 0 Å². The maximum absolute atomic E-state index is 10.9. The highest BCUT2D eigenvalue weighted by Crippen LogP contribution is 2.31. The normalized spacial score (nSPS) is 37.9. The van der Waals surface area contributed by atoms with Crippen molar-refractivity contribution in [3.8, 4) is 0 Å². The van der Waals surface area contributed by atoms with E-state index in [1.54, 1.807) is 32.9 Å². The molecule has 0 spiro atoms. The van der Waals surface area contributed by atoms with Gasteiger partial charge in [0.25, 0.3) is 0 Å². The van der Waals surface area contributed by atoms with E-state index >= 15 is 0 Å². The first-order chi connectivity index (χ1) is 10.5. The molecule has 0 aromatic rings. The van der Waals surface area contributed by atoms with Gasteiger partial charge in [0.15, 0.2) is 0 Å². The lowest BCUT2D eigenvalue weighted by Crippen LogP contribution is -2.49. The van der Waals surface area contributed by atoms with Crippen molar-refractivity contribution in [1.82, 2.24) is 0 Å². The van der Waals surface area contributed by atoms with Crippen LogP contribution in [0.2, 0.25) is 0 Å². The van der Waals surface area contributed by atoms with E-state index in [2.05, 4.69) is 26.0 Å². The minimum atomic E-state index is -1.36. The van der Waals surface area contributed by atoms with Crippen molar-refractivity contribution in [1.29, 1.82) is 0 Å². The van der Waals surface area contributed by atoms with E-state index in [0.29, 0.717) is 12.8 Å². The SMILES string of the molecule is C/C1=C\CC[C@@](C)(O)/C=C/[C@](O)(C(C)(C)O)CC/C(C)=C/CC1. The molecule has 0 fully saturated rings. The van der Waals surface area contributed by atoms with Crippen LogP contribution in [0, 0.1) is 0 Å². The second kappa shape index (κ2) is 7.78. The summed E-state index contributed by atoms with van der Waals surface area (Å²) in [5.41, 5.74) is -1.06. The van der Waals surface area contributed by atoms with E-state index in [0.717, 1.165) is 25.7 Å². The summed E-state index contributed by atoms with van der Waals surface area (Å²) >= 11 is 0. The Hall–Kier alpha value is -0.900. The number of hydrogen-bond acceptors (Lipinski definition) is 3. The van der Waals surface area contributed by atoms with E-state index < -0.39 is 16.8 Å². The monoisotopic (exact) mass is 322 g/mol. The fourth-order valence-electron chi connectivity index (χ4n) is 2.74. The number of rotatable bonds is 1. The number of hydrogen-bond donors (Lipinski definition) is 3. The molecule has 0 amide bonds. The van der Waals surface area contributed by atoms with Gasteiger partial charge in [0.2, 0.25) is 0 Å². The quantitative estimate of drug-likeness (QED) is 0.638. The first kappa shape index (κ1) is 20.1. The van der Waals surface area contributed by atoms with E-state index in [1.165, 1.54) is 11.1 Å². The van der Waals surface area contributed by atoms with Crippen LogP contribution in [0.5, 0.6) is 0 Å². The Bertz CT molecular complexity index is 478. The zero-order chi connectivity index (χ0) is 17.7. The van der Waals surface area contributed by atoms with Crippen LogP contribution in [0.1, 0.15) is 73.1 Å². The third-order valence-corrected chi connectivity index (χ3v) is 4.85. The van der Waals surface area contributed by atoms with Crippen LogP contribution in [0.3, 0.4) is 0 Å². The van der Waals surface area contributed by atoms with Crippen molar-refractivity contribution in [2.75, 3.05) is 0 Å². The van der Waals surface area contributed by atoms with Crippen LogP contribution in [0.4, 0.5) is 0 Å². The minimum absolute atomic E-state index is 0.431. The van der Waals surface area contributed by atoms with Crippen LogP contribution in [-0.2, 0) is 0 Å². The van der Waals surface area contributed by atoms with Gasteiger partial charge < -0.3 is 15.3 Å². The van der Waals surface area contributed by atoms with Crippen molar-refractivity contribution in [2.24, 2.45) is 0 Å².